The van der Waals surface area contributed by atoms with E-state index in [1.807, 2.05) is 41.2 Å². The molecule has 118 valence electrons. The van der Waals surface area contributed by atoms with E-state index in [0.29, 0.717) is 16.3 Å². The number of benzene rings is 2. The lowest BCUT2D eigenvalue weighted by Gasteiger charge is -2.10. The topological polar surface area (TPSA) is 51.1 Å². The van der Waals surface area contributed by atoms with Crippen LogP contribution in [0.15, 0.2) is 73.1 Å². The van der Waals surface area contributed by atoms with Crippen molar-refractivity contribution in [2.75, 3.05) is 4.72 Å². The van der Waals surface area contributed by atoms with E-state index in [2.05, 4.69) is 4.72 Å². The van der Waals surface area contributed by atoms with Gasteiger partial charge >= 0.3 is 0 Å². The molecule has 0 radical (unpaired) electrons. The number of nitrogens with one attached hydrogen (secondary N) is 1. The fourth-order valence-electron chi connectivity index (χ4n) is 2.25. The Labute approximate surface area is 140 Å². The molecule has 4 nitrogen and oxygen atoms in total. The van der Waals surface area contributed by atoms with E-state index < -0.39 is 10.0 Å². The van der Waals surface area contributed by atoms with Gasteiger partial charge in [-0.1, -0.05) is 29.8 Å². The molecule has 0 unspecified atom stereocenters. The number of halogens is 1. The van der Waals surface area contributed by atoms with Crippen molar-refractivity contribution in [3.8, 4) is 5.69 Å². The van der Waals surface area contributed by atoms with E-state index in [1.54, 1.807) is 36.4 Å². The molecular formula is C17H15ClN2O2S. The van der Waals surface area contributed by atoms with Crippen LogP contribution in [0.25, 0.3) is 5.69 Å². The standard InChI is InChI=1S/C17H15ClN2O2S/c18-15-8-6-14(7-9-15)13-23(21,22)19-16-4-3-5-17(12-16)20-10-1-2-11-20/h1-12,19H,13H2. The molecule has 0 aliphatic carbocycles. The fourth-order valence-corrected chi connectivity index (χ4v) is 3.57. The van der Waals surface area contributed by atoms with Gasteiger partial charge in [0.05, 0.1) is 11.4 Å². The summed E-state index contributed by atoms with van der Waals surface area (Å²) in [6, 6.07) is 17.8. The average molecular weight is 347 g/mol. The average Bonchev–Trinajstić information content (AvgIpc) is 3.03. The second-order valence-electron chi connectivity index (χ2n) is 5.13. The minimum atomic E-state index is -3.49. The molecule has 1 aromatic heterocycles. The van der Waals surface area contributed by atoms with Gasteiger partial charge in [0.2, 0.25) is 10.0 Å². The van der Waals surface area contributed by atoms with E-state index in [9.17, 15) is 8.42 Å². The molecule has 1 N–H and O–H groups in total. The first kappa shape index (κ1) is 15.6. The molecule has 3 rings (SSSR count). The third-order valence-corrected chi connectivity index (χ3v) is 4.80. The highest BCUT2D eigenvalue weighted by atomic mass is 35.5. The normalized spacial score (nSPS) is 11.3. The number of hydrogen-bond acceptors (Lipinski definition) is 2. The lowest BCUT2D eigenvalue weighted by molar-refractivity contribution is 0.600. The van der Waals surface area contributed by atoms with Crippen molar-refractivity contribution in [1.29, 1.82) is 0 Å². The second kappa shape index (κ2) is 6.48. The number of aromatic nitrogens is 1. The summed E-state index contributed by atoms with van der Waals surface area (Å²) in [7, 11) is -3.49. The number of nitrogens with zero attached hydrogens (tertiary/aromatic N) is 1. The molecule has 0 bridgehead atoms. The minimum absolute atomic E-state index is 0.0993. The van der Waals surface area contributed by atoms with Crippen LogP contribution in [0.5, 0.6) is 0 Å². The van der Waals surface area contributed by atoms with Crippen molar-refractivity contribution in [2.45, 2.75) is 5.75 Å². The molecule has 0 atom stereocenters. The third-order valence-electron chi connectivity index (χ3n) is 3.29. The van der Waals surface area contributed by atoms with Crippen LogP contribution >= 0.6 is 11.6 Å². The van der Waals surface area contributed by atoms with Crippen molar-refractivity contribution in [2.24, 2.45) is 0 Å². The van der Waals surface area contributed by atoms with Gasteiger partial charge in [-0.25, -0.2) is 8.42 Å². The maximum absolute atomic E-state index is 12.3. The Hall–Kier alpha value is -2.24. The van der Waals surface area contributed by atoms with Crippen LogP contribution in [0.2, 0.25) is 5.02 Å². The number of anilines is 1. The molecule has 0 saturated heterocycles. The van der Waals surface area contributed by atoms with Crippen LogP contribution in [0.3, 0.4) is 0 Å². The van der Waals surface area contributed by atoms with Crippen LogP contribution in [-0.4, -0.2) is 13.0 Å². The molecule has 3 aromatic rings. The van der Waals surface area contributed by atoms with Crippen molar-refractivity contribution >= 4 is 27.3 Å². The van der Waals surface area contributed by atoms with Crippen LogP contribution in [0, 0.1) is 0 Å². The molecule has 0 aliphatic rings. The Morgan fingerprint density at radius 1 is 0.957 bits per heavy atom. The largest absolute Gasteiger partial charge is 0.324 e. The number of rotatable bonds is 5. The highest BCUT2D eigenvalue weighted by molar-refractivity contribution is 7.91. The lowest BCUT2D eigenvalue weighted by atomic mass is 10.2. The van der Waals surface area contributed by atoms with Gasteiger partial charge in [0.25, 0.3) is 0 Å². The maximum Gasteiger partial charge on any atom is 0.236 e. The van der Waals surface area contributed by atoms with Gasteiger partial charge in [-0.05, 0) is 48.0 Å². The molecule has 0 fully saturated rings. The zero-order valence-electron chi connectivity index (χ0n) is 12.2. The predicted octanol–water partition coefficient (Wildman–Crippen LogP) is 4.07. The van der Waals surface area contributed by atoms with Crippen molar-refractivity contribution in [3.05, 3.63) is 83.6 Å². The van der Waals surface area contributed by atoms with E-state index in [-0.39, 0.29) is 5.75 Å². The van der Waals surface area contributed by atoms with Crippen LogP contribution in [0.1, 0.15) is 5.56 Å². The van der Waals surface area contributed by atoms with Gasteiger partial charge in [-0.15, -0.1) is 0 Å². The highest BCUT2D eigenvalue weighted by Crippen LogP contribution is 2.18. The fraction of sp³-hybridized carbons (Fsp3) is 0.0588. The van der Waals surface area contributed by atoms with Gasteiger partial charge in [0.1, 0.15) is 0 Å². The van der Waals surface area contributed by atoms with Gasteiger partial charge < -0.3 is 4.57 Å². The molecule has 2 aromatic carbocycles. The molecule has 23 heavy (non-hydrogen) atoms. The molecule has 6 heteroatoms. The van der Waals surface area contributed by atoms with Gasteiger partial charge in [-0.3, -0.25) is 4.72 Å². The Balaban J connectivity index is 1.78. The first-order chi connectivity index (χ1) is 11.0. The molecule has 0 aliphatic heterocycles. The Morgan fingerprint density at radius 2 is 1.65 bits per heavy atom. The monoisotopic (exact) mass is 346 g/mol. The first-order valence-corrected chi connectivity index (χ1v) is 9.03. The quantitative estimate of drug-likeness (QED) is 0.757. The van der Waals surface area contributed by atoms with E-state index in [1.165, 1.54) is 0 Å². The summed E-state index contributed by atoms with van der Waals surface area (Å²) in [5.41, 5.74) is 2.11. The summed E-state index contributed by atoms with van der Waals surface area (Å²) >= 11 is 5.81. The van der Waals surface area contributed by atoms with Crippen molar-refractivity contribution in [1.82, 2.24) is 4.57 Å². The van der Waals surface area contributed by atoms with E-state index in [0.717, 1.165) is 5.69 Å². The highest BCUT2D eigenvalue weighted by Gasteiger charge is 2.12. The van der Waals surface area contributed by atoms with Crippen molar-refractivity contribution in [3.63, 3.8) is 0 Å². The van der Waals surface area contributed by atoms with Gasteiger partial charge in [0.15, 0.2) is 0 Å². The molecule has 0 saturated carbocycles. The molecular weight excluding hydrogens is 332 g/mol. The first-order valence-electron chi connectivity index (χ1n) is 7.00. The smallest absolute Gasteiger partial charge is 0.236 e. The Bertz CT molecular complexity index is 889. The molecule has 0 amide bonds. The SMILES string of the molecule is O=S(=O)(Cc1ccc(Cl)cc1)Nc1cccc(-n2cccc2)c1. The summed E-state index contributed by atoms with van der Waals surface area (Å²) in [6.45, 7) is 0. The third kappa shape index (κ3) is 4.15. The second-order valence-corrected chi connectivity index (χ2v) is 7.29. The molecule has 0 spiro atoms. The zero-order chi connectivity index (χ0) is 16.3. The predicted molar refractivity (Wildman–Crippen MR) is 93.5 cm³/mol. The Morgan fingerprint density at radius 3 is 2.35 bits per heavy atom. The summed E-state index contributed by atoms with van der Waals surface area (Å²) in [6.07, 6.45) is 3.81. The summed E-state index contributed by atoms with van der Waals surface area (Å²) < 4.78 is 29.1. The number of hydrogen-bond donors (Lipinski definition) is 1. The van der Waals surface area contributed by atoms with Crippen molar-refractivity contribution < 1.29 is 8.42 Å². The summed E-state index contributed by atoms with van der Waals surface area (Å²) in [4.78, 5) is 0. The summed E-state index contributed by atoms with van der Waals surface area (Å²) in [5.74, 6) is -0.0993. The zero-order valence-corrected chi connectivity index (χ0v) is 13.8. The maximum atomic E-state index is 12.3. The molecule has 1 heterocycles. The van der Waals surface area contributed by atoms with Crippen LogP contribution in [0.4, 0.5) is 5.69 Å². The van der Waals surface area contributed by atoms with Crippen LogP contribution in [-0.2, 0) is 15.8 Å². The summed E-state index contributed by atoms with van der Waals surface area (Å²) in [5, 5.41) is 0.582. The van der Waals surface area contributed by atoms with E-state index >= 15 is 0 Å². The number of sulfonamides is 1. The van der Waals surface area contributed by atoms with Gasteiger partial charge in [-0.2, -0.15) is 0 Å². The van der Waals surface area contributed by atoms with E-state index in [4.69, 9.17) is 11.6 Å². The minimum Gasteiger partial charge on any atom is -0.324 e. The Kier molecular flexibility index (Phi) is 4.41. The van der Waals surface area contributed by atoms with Crippen LogP contribution < -0.4 is 4.72 Å². The van der Waals surface area contributed by atoms with Gasteiger partial charge in [0, 0.05) is 23.1 Å². The lowest BCUT2D eigenvalue weighted by Crippen LogP contribution is -2.15.